The van der Waals surface area contributed by atoms with E-state index in [0.29, 0.717) is 0 Å². The van der Waals surface area contributed by atoms with E-state index in [2.05, 4.69) is 119 Å². The number of hydrogen-bond acceptors (Lipinski definition) is 4. The first-order valence-electron chi connectivity index (χ1n) is 13.2. The Morgan fingerprint density at radius 2 is 1.11 bits per heavy atom. The Morgan fingerprint density at radius 1 is 0.595 bits per heavy atom. The van der Waals surface area contributed by atoms with Crippen LogP contribution in [0.2, 0.25) is 51.9 Å². The lowest BCUT2D eigenvalue weighted by Gasteiger charge is -2.43. The molecule has 0 N–H and O–H groups in total. The van der Waals surface area contributed by atoms with Gasteiger partial charge in [-0.25, -0.2) is 0 Å². The maximum Gasteiger partial charge on any atom is 0.316 e. The highest BCUT2D eigenvalue weighted by Gasteiger charge is 2.48. The molecule has 4 nitrogen and oxygen atoms in total. The van der Waals surface area contributed by atoms with Gasteiger partial charge in [-0.1, -0.05) is 78.9 Å². The Bertz CT molecular complexity index is 1080. The molecule has 200 valence electrons. The fourth-order valence-corrected chi connectivity index (χ4v) is 24.3. The fourth-order valence-electron chi connectivity index (χ4n) is 5.14. The van der Waals surface area contributed by atoms with Gasteiger partial charge in [-0.05, 0) is 86.7 Å². The van der Waals surface area contributed by atoms with Crippen LogP contribution in [-0.2, 0) is 18.8 Å². The number of para-hydroxylation sites is 1. The smallest absolute Gasteiger partial charge is 0.316 e. The van der Waals surface area contributed by atoms with Crippen molar-refractivity contribution in [3.63, 3.8) is 0 Å². The Labute approximate surface area is 228 Å². The van der Waals surface area contributed by atoms with E-state index in [9.17, 15) is 0 Å². The molecule has 3 aromatic rings. The minimum atomic E-state index is -2.69. The van der Waals surface area contributed by atoms with Crippen molar-refractivity contribution in [3.8, 4) is 5.75 Å². The van der Waals surface area contributed by atoms with Crippen LogP contribution in [-0.4, -0.2) is 40.9 Å². The van der Waals surface area contributed by atoms with Crippen molar-refractivity contribution in [1.29, 1.82) is 0 Å². The molecule has 0 aliphatic rings. The summed E-state index contributed by atoms with van der Waals surface area (Å²) in [6.45, 7) is 15.7. The lowest BCUT2D eigenvalue weighted by Crippen LogP contribution is -2.66. The van der Waals surface area contributed by atoms with E-state index < -0.39 is 33.8 Å². The molecule has 3 rings (SSSR count). The highest BCUT2D eigenvalue weighted by Crippen LogP contribution is 2.29. The predicted octanol–water partition coefficient (Wildman–Crippen LogP) is 6.68. The molecule has 0 aliphatic carbocycles. The Hall–Kier alpha value is -1.79. The van der Waals surface area contributed by atoms with Gasteiger partial charge in [0.1, 0.15) is 5.75 Å². The van der Waals surface area contributed by atoms with E-state index in [1.807, 2.05) is 12.1 Å². The molecule has 8 heteroatoms. The van der Waals surface area contributed by atoms with Crippen LogP contribution < -0.4 is 15.1 Å². The molecule has 0 radical (unpaired) electrons. The third-order valence-electron chi connectivity index (χ3n) is 6.35. The van der Waals surface area contributed by atoms with Crippen molar-refractivity contribution in [2.75, 3.05) is 7.11 Å². The van der Waals surface area contributed by atoms with E-state index in [1.165, 1.54) is 15.9 Å². The number of aryl methyl sites for hydroxylation is 1. The summed E-state index contributed by atoms with van der Waals surface area (Å²) in [7, 11) is -7.70. The van der Waals surface area contributed by atoms with Crippen LogP contribution in [0.4, 0.5) is 0 Å². The average Bonchev–Trinajstić information content (AvgIpc) is 2.83. The largest absolute Gasteiger partial charge is 0.496 e. The minimum Gasteiger partial charge on any atom is -0.496 e. The van der Waals surface area contributed by atoms with Crippen LogP contribution in [0.3, 0.4) is 0 Å². The lowest BCUT2D eigenvalue weighted by atomic mass is 10.1. The molecule has 0 spiro atoms. The Balaban J connectivity index is 1.96. The molecule has 1 unspecified atom stereocenters. The quantitative estimate of drug-likeness (QED) is 0.216. The van der Waals surface area contributed by atoms with Gasteiger partial charge in [-0.2, -0.15) is 0 Å². The molecule has 37 heavy (non-hydrogen) atoms. The Morgan fingerprint density at radius 3 is 1.62 bits per heavy atom. The molecule has 0 fully saturated rings. The molecule has 1 atom stereocenters. The van der Waals surface area contributed by atoms with E-state index in [1.54, 1.807) is 7.11 Å². The van der Waals surface area contributed by atoms with Gasteiger partial charge in [0, 0.05) is 0 Å². The van der Waals surface area contributed by atoms with Crippen molar-refractivity contribution in [1.82, 2.24) is 0 Å². The van der Waals surface area contributed by atoms with Crippen molar-refractivity contribution in [2.45, 2.75) is 64.7 Å². The van der Waals surface area contributed by atoms with Gasteiger partial charge in [-0.15, -0.1) is 0 Å². The molecule has 0 bridgehead atoms. The zero-order chi connectivity index (χ0) is 27.2. The number of benzene rings is 3. The second kappa shape index (κ2) is 12.4. The summed E-state index contributed by atoms with van der Waals surface area (Å²) in [6, 6.07) is 30.6. The topological polar surface area (TPSA) is 36.9 Å². The first-order valence-corrected chi connectivity index (χ1v) is 24.3. The summed E-state index contributed by atoms with van der Waals surface area (Å²) in [6.07, 6.45) is 1.89. The highest BCUT2D eigenvalue weighted by molar-refractivity contribution is 7.01. The second-order valence-electron chi connectivity index (χ2n) is 11.4. The maximum atomic E-state index is 7.44. The molecular formula is C29H44O4Si4. The number of methoxy groups -OCH3 is 1. The summed E-state index contributed by atoms with van der Waals surface area (Å²) in [4.78, 5) is 0. The Kier molecular flexibility index (Phi) is 9.95. The van der Waals surface area contributed by atoms with Crippen LogP contribution in [0.15, 0.2) is 84.9 Å². The van der Waals surface area contributed by atoms with Crippen LogP contribution in [0, 0.1) is 0 Å². The van der Waals surface area contributed by atoms with E-state index in [-0.39, 0.29) is 0 Å². The van der Waals surface area contributed by atoms with Crippen molar-refractivity contribution in [2.24, 2.45) is 0 Å². The SMILES string of the molecule is COc1ccccc1CCC[Si](C)(O[Si](C)(C)O[Si](C)(C)C)O[Si](C)(c1ccccc1)c1ccccc1. The molecule has 0 saturated heterocycles. The van der Waals surface area contributed by atoms with Crippen LogP contribution in [0.5, 0.6) is 5.75 Å². The van der Waals surface area contributed by atoms with Gasteiger partial charge in [0.2, 0.25) is 8.32 Å². The zero-order valence-electron chi connectivity index (χ0n) is 23.8. The molecule has 0 aliphatic heterocycles. The normalized spacial score (nSPS) is 14.3. The van der Waals surface area contributed by atoms with Gasteiger partial charge in [0.15, 0.2) is 8.32 Å². The van der Waals surface area contributed by atoms with Crippen LogP contribution in [0.25, 0.3) is 0 Å². The maximum absolute atomic E-state index is 7.44. The highest BCUT2D eigenvalue weighted by atomic mass is 28.5. The summed E-state index contributed by atoms with van der Waals surface area (Å²) >= 11 is 0. The van der Waals surface area contributed by atoms with Gasteiger partial charge in [0.25, 0.3) is 0 Å². The third-order valence-corrected chi connectivity index (χ3v) is 22.0. The monoisotopic (exact) mass is 568 g/mol. The summed E-state index contributed by atoms with van der Waals surface area (Å²) in [5.41, 5.74) is 1.22. The van der Waals surface area contributed by atoms with Crippen molar-refractivity contribution < 1.29 is 17.1 Å². The molecular weight excluding hydrogens is 525 g/mol. The van der Waals surface area contributed by atoms with Crippen molar-refractivity contribution >= 4 is 44.1 Å². The number of ether oxygens (including phenoxy) is 1. The molecule has 3 aromatic carbocycles. The zero-order valence-corrected chi connectivity index (χ0v) is 27.8. The van der Waals surface area contributed by atoms with E-state index >= 15 is 0 Å². The first-order chi connectivity index (χ1) is 17.4. The van der Waals surface area contributed by atoms with Crippen LogP contribution >= 0.6 is 0 Å². The standard InChI is InChI=1S/C29H44O4Si4/c1-30-29-24-16-15-18-26(29)19-17-25-36(7,32-35(5,6)31-34(2,3)4)33-37(8,27-20-11-9-12-21-27)28-22-13-10-14-23-28/h9-16,18,20-24H,17,19,25H2,1-8H3. The molecule has 0 amide bonds. The number of hydrogen-bond donors (Lipinski definition) is 0. The molecule has 0 heterocycles. The molecule has 0 saturated carbocycles. The first kappa shape index (κ1) is 29.8. The second-order valence-corrected chi connectivity index (χ2v) is 26.8. The summed E-state index contributed by atoms with van der Waals surface area (Å²) < 4.78 is 26.8. The van der Waals surface area contributed by atoms with Gasteiger partial charge in [0.05, 0.1) is 7.11 Å². The third kappa shape index (κ3) is 8.61. The van der Waals surface area contributed by atoms with E-state index in [4.69, 9.17) is 17.1 Å². The van der Waals surface area contributed by atoms with Gasteiger partial charge in [-0.3, -0.25) is 0 Å². The van der Waals surface area contributed by atoms with Gasteiger partial charge < -0.3 is 17.1 Å². The minimum absolute atomic E-state index is 0.888. The number of rotatable bonds is 13. The fraction of sp³-hybridized carbons (Fsp3) is 0.379. The van der Waals surface area contributed by atoms with Gasteiger partial charge >= 0.3 is 17.1 Å². The molecule has 0 aromatic heterocycles. The lowest BCUT2D eigenvalue weighted by molar-refractivity contribution is 0.325. The van der Waals surface area contributed by atoms with E-state index in [0.717, 1.165) is 24.6 Å². The summed E-state index contributed by atoms with van der Waals surface area (Å²) in [5, 5.41) is 2.53. The predicted molar refractivity (Wildman–Crippen MR) is 166 cm³/mol. The average molecular weight is 569 g/mol. The summed E-state index contributed by atoms with van der Waals surface area (Å²) in [5.74, 6) is 0.942. The van der Waals surface area contributed by atoms with Crippen molar-refractivity contribution in [3.05, 3.63) is 90.5 Å². The van der Waals surface area contributed by atoms with Crippen LogP contribution in [0.1, 0.15) is 12.0 Å².